The minimum absolute atomic E-state index is 0.255. The van der Waals surface area contributed by atoms with E-state index in [1.807, 2.05) is 6.92 Å². The van der Waals surface area contributed by atoms with Crippen molar-refractivity contribution in [1.29, 1.82) is 0 Å². The predicted octanol–water partition coefficient (Wildman–Crippen LogP) is 4.74. The Hall–Kier alpha value is -2.50. The summed E-state index contributed by atoms with van der Waals surface area (Å²) in [6.07, 6.45) is -0.966. The number of carbonyl (C=O) groups excluding carboxylic acids is 4. The van der Waals surface area contributed by atoms with Gasteiger partial charge in [-0.2, -0.15) is 0 Å². The van der Waals surface area contributed by atoms with E-state index < -0.39 is 46.9 Å². The van der Waals surface area contributed by atoms with Gasteiger partial charge < -0.3 is 10.5 Å². The predicted molar refractivity (Wildman–Crippen MR) is 140 cm³/mol. The molecule has 0 radical (unpaired) electrons. The third-order valence-corrected chi connectivity index (χ3v) is 10.0. The standard InChI is InChI=1S/C26H18Br2N2O5S/c1-11-8-15-21(36-11)23(32)26(22(15)31)19-18(20(35-26)13-4-7-16(27)17(28)9-13)24(33)30(25(19)34)14-5-2-12(10-29)3-6-14/h2-9,18-20H,10,29H2,1H3/t18-,19-,20-,26?/m0/s1. The molecule has 3 aliphatic rings. The van der Waals surface area contributed by atoms with Gasteiger partial charge in [-0.25, -0.2) is 4.90 Å². The third kappa shape index (κ3) is 3.08. The summed E-state index contributed by atoms with van der Waals surface area (Å²) in [5, 5.41) is 0. The van der Waals surface area contributed by atoms with Crippen molar-refractivity contribution in [3.63, 3.8) is 0 Å². The molecule has 2 N–H and O–H groups in total. The number of fused-ring (bicyclic) bond motifs is 3. The fourth-order valence-electron chi connectivity index (χ4n) is 5.48. The highest BCUT2D eigenvalue weighted by Crippen LogP contribution is 2.58. The van der Waals surface area contributed by atoms with Crippen molar-refractivity contribution in [2.24, 2.45) is 17.6 Å². The van der Waals surface area contributed by atoms with E-state index in [4.69, 9.17) is 10.5 Å². The van der Waals surface area contributed by atoms with Crippen molar-refractivity contribution < 1.29 is 23.9 Å². The van der Waals surface area contributed by atoms with Crippen molar-refractivity contribution in [2.45, 2.75) is 25.2 Å². The first-order valence-electron chi connectivity index (χ1n) is 11.2. The number of anilines is 1. The smallest absolute Gasteiger partial charge is 0.241 e. The normalized spacial score (nSPS) is 26.9. The molecule has 1 aliphatic carbocycles. The van der Waals surface area contributed by atoms with Gasteiger partial charge in [-0.15, -0.1) is 11.3 Å². The molecule has 2 fully saturated rings. The van der Waals surface area contributed by atoms with Crippen LogP contribution in [0.15, 0.2) is 57.5 Å². The SMILES string of the molecule is Cc1cc2c(s1)C(=O)C1(O[C@@H](c3ccc(Br)c(Br)c3)[C@H]3C(=O)N(c4ccc(CN)cc4)C(=O)[C@H]31)C2=O. The molecule has 2 aromatic carbocycles. The van der Waals surface area contributed by atoms with Crippen LogP contribution in [0.4, 0.5) is 5.69 Å². The Morgan fingerprint density at radius 3 is 2.33 bits per heavy atom. The number of nitrogens with two attached hydrogens (primary N) is 1. The zero-order valence-electron chi connectivity index (χ0n) is 18.8. The topological polar surface area (TPSA) is 107 Å². The zero-order chi connectivity index (χ0) is 25.5. The molecule has 7 nitrogen and oxygen atoms in total. The van der Waals surface area contributed by atoms with E-state index in [2.05, 4.69) is 31.9 Å². The molecule has 36 heavy (non-hydrogen) atoms. The highest BCUT2D eigenvalue weighted by atomic mass is 79.9. The average Bonchev–Trinajstić information content (AvgIpc) is 3.55. The number of imide groups is 1. The molecule has 10 heteroatoms. The molecule has 3 aromatic rings. The molecule has 6 rings (SSSR count). The van der Waals surface area contributed by atoms with E-state index in [0.717, 1.165) is 19.8 Å². The monoisotopic (exact) mass is 628 g/mol. The lowest BCUT2D eigenvalue weighted by Gasteiger charge is -2.27. The Morgan fingerprint density at radius 1 is 0.972 bits per heavy atom. The van der Waals surface area contributed by atoms with Crippen LogP contribution in [0.1, 0.15) is 42.1 Å². The van der Waals surface area contributed by atoms with Crippen LogP contribution in [0, 0.1) is 18.8 Å². The summed E-state index contributed by atoms with van der Waals surface area (Å²) >= 11 is 8.11. The summed E-state index contributed by atoms with van der Waals surface area (Å²) in [4.78, 5) is 57.6. The number of benzene rings is 2. The number of aryl methyl sites for hydroxylation is 1. The molecule has 1 unspecified atom stereocenters. The van der Waals surface area contributed by atoms with Gasteiger partial charge in [0, 0.05) is 25.9 Å². The zero-order valence-corrected chi connectivity index (χ0v) is 22.8. The summed E-state index contributed by atoms with van der Waals surface area (Å²) in [6, 6.07) is 13.7. The Morgan fingerprint density at radius 2 is 1.69 bits per heavy atom. The van der Waals surface area contributed by atoms with Crippen LogP contribution in [0.25, 0.3) is 0 Å². The van der Waals surface area contributed by atoms with Crippen LogP contribution < -0.4 is 10.6 Å². The number of rotatable bonds is 3. The summed E-state index contributed by atoms with van der Waals surface area (Å²) in [6.45, 7) is 2.13. The summed E-state index contributed by atoms with van der Waals surface area (Å²) in [5.41, 5.74) is 5.68. The van der Waals surface area contributed by atoms with Crippen molar-refractivity contribution in [3.05, 3.63) is 83.9 Å². The lowest BCUT2D eigenvalue weighted by molar-refractivity contribution is -0.127. The molecule has 2 amide bonds. The van der Waals surface area contributed by atoms with E-state index in [0.29, 0.717) is 22.3 Å². The van der Waals surface area contributed by atoms with Crippen molar-refractivity contribution in [1.82, 2.24) is 0 Å². The van der Waals surface area contributed by atoms with Gasteiger partial charge in [0.1, 0.15) is 0 Å². The quantitative estimate of drug-likeness (QED) is 0.331. The molecule has 0 saturated carbocycles. The fraction of sp³-hybridized carbons (Fsp3) is 0.231. The number of halogens is 2. The number of nitrogens with zero attached hydrogens (tertiary/aromatic N) is 1. The van der Waals surface area contributed by atoms with E-state index >= 15 is 0 Å². The van der Waals surface area contributed by atoms with E-state index in [1.54, 1.807) is 48.5 Å². The lowest BCUT2D eigenvalue weighted by Crippen LogP contribution is -2.51. The van der Waals surface area contributed by atoms with Gasteiger partial charge in [-0.05, 0) is 80.2 Å². The van der Waals surface area contributed by atoms with Crippen molar-refractivity contribution in [2.75, 3.05) is 4.90 Å². The second-order valence-corrected chi connectivity index (χ2v) is 12.1. The largest absolute Gasteiger partial charge is 0.349 e. The second-order valence-electron chi connectivity index (χ2n) is 9.09. The van der Waals surface area contributed by atoms with Crippen LogP contribution in [0.3, 0.4) is 0 Å². The van der Waals surface area contributed by atoms with Crippen LogP contribution in [0.2, 0.25) is 0 Å². The van der Waals surface area contributed by atoms with Gasteiger partial charge in [0.15, 0.2) is 0 Å². The molecule has 1 spiro atoms. The van der Waals surface area contributed by atoms with Crippen LogP contribution in [-0.2, 0) is 20.9 Å². The molecule has 2 aliphatic heterocycles. The molecule has 3 heterocycles. The number of hydrogen-bond acceptors (Lipinski definition) is 7. The van der Waals surface area contributed by atoms with E-state index in [9.17, 15) is 19.2 Å². The van der Waals surface area contributed by atoms with Gasteiger partial charge in [-0.1, -0.05) is 18.2 Å². The van der Waals surface area contributed by atoms with Gasteiger partial charge in [0.2, 0.25) is 29.0 Å². The fourth-order valence-corrected chi connectivity index (χ4v) is 7.13. The molecule has 1 aromatic heterocycles. The highest BCUT2D eigenvalue weighted by molar-refractivity contribution is 9.13. The van der Waals surface area contributed by atoms with Crippen LogP contribution >= 0.6 is 43.2 Å². The average molecular weight is 630 g/mol. The number of thiophene rings is 1. The Labute approximate surface area is 226 Å². The first-order valence-corrected chi connectivity index (χ1v) is 13.6. The maximum atomic E-state index is 13.9. The van der Waals surface area contributed by atoms with Crippen LogP contribution in [-0.4, -0.2) is 29.0 Å². The van der Waals surface area contributed by atoms with Gasteiger partial charge in [-0.3, -0.25) is 19.2 Å². The first-order chi connectivity index (χ1) is 17.2. The van der Waals surface area contributed by atoms with Gasteiger partial charge in [0.25, 0.3) is 0 Å². The number of ether oxygens (including phenoxy) is 1. The molecule has 4 atom stereocenters. The number of carbonyl (C=O) groups is 4. The molecule has 0 bridgehead atoms. The van der Waals surface area contributed by atoms with Crippen molar-refractivity contribution in [3.8, 4) is 0 Å². The second kappa shape index (κ2) is 8.26. The molecular formula is C26H18Br2N2O5S. The maximum absolute atomic E-state index is 13.9. The van der Waals surface area contributed by atoms with Crippen molar-refractivity contribution >= 4 is 72.3 Å². The molecule has 182 valence electrons. The number of amides is 2. The Kier molecular flexibility index (Phi) is 5.47. The minimum atomic E-state index is -2.07. The number of ketones is 2. The summed E-state index contributed by atoms with van der Waals surface area (Å²) in [7, 11) is 0. The lowest BCUT2D eigenvalue weighted by atomic mass is 9.77. The van der Waals surface area contributed by atoms with Gasteiger partial charge >= 0.3 is 0 Å². The van der Waals surface area contributed by atoms with E-state index in [-0.39, 0.29) is 10.4 Å². The van der Waals surface area contributed by atoms with Gasteiger partial charge in [0.05, 0.1) is 28.5 Å². The molecule has 2 saturated heterocycles. The number of Topliss-reactive ketones (excluding diaryl/α,β-unsaturated/α-hetero) is 2. The minimum Gasteiger partial charge on any atom is -0.349 e. The Bertz CT molecular complexity index is 1460. The number of hydrogen-bond donors (Lipinski definition) is 1. The van der Waals surface area contributed by atoms with E-state index in [1.165, 1.54) is 11.3 Å². The Balaban J connectivity index is 1.52. The maximum Gasteiger partial charge on any atom is 0.241 e. The van der Waals surface area contributed by atoms with Crippen LogP contribution in [0.5, 0.6) is 0 Å². The summed E-state index contributed by atoms with van der Waals surface area (Å²) in [5.74, 6) is -4.52. The third-order valence-electron chi connectivity index (χ3n) is 7.11. The highest BCUT2D eigenvalue weighted by Gasteiger charge is 2.75. The first kappa shape index (κ1) is 23.9. The molecular weight excluding hydrogens is 612 g/mol. The summed E-state index contributed by atoms with van der Waals surface area (Å²) < 4.78 is 7.81.